The SMILES string of the molecule is Cc1cc(C)n(CC(=O)N(CCCN2CCCC2=O)C2CCOCC2)c(=O)n1. The Morgan fingerprint density at radius 2 is 2.04 bits per heavy atom. The molecule has 0 bridgehead atoms. The lowest BCUT2D eigenvalue weighted by molar-refractivity contribution is -0.136. The van der Waals surface area contributed by atoms with Crippen LogP contribution in [-0.2, 0) is 20.9 Å². The first-order valence-corrected chi connectivity index (χ1v) is 10.2. The average molecular weight is 390 g/mol. The Kier molecular flexibility index (Phi) is 6.83. The van der Waals surface area contributed by atoms with Crippen molar-refractivity contribution in [2.24, 2.45) is 0 Å². The molecule has 0 saturated carbocycles. The first-order chi connectivity index (χ1) is 13.5. The highest BCUT2D eigenvalue weighted by Crippen LogP contribution is 2.17. The smallest absolute Gasteiger partial charge is 0.348 e. The number of ether oxygens (including phenoxy) is 1. The van der Waals surface area contributed by atoms with E-state index >= 15 is 0 Å². The molecule has 0 aliphatic carbocycles. The molecule has 0 spiro atoms. The molecule has 8 heteroatoms. The summed E-state index contributed by atoms with van der Waals surface area (Å²) in [5, 5.41) is 0. The van der Waals surface area contributed by atoms with Gasteiger partial charge in [-0.2, -0.15) is 4.98 Å². The molecule has 3 rings (SSSR count). The van der Waals surface area contributed by atoms with Gasteiger partial charge in [-0.3, -0.25) is 14.2 Å². The molecule has 2 aliphatic heterocycles. The van der Waals surface area contributed by atoms with Crippen LogP contribution in [0, 0.1) is 13.8 Å². The Hall–Kier alpha value is -2.22. The Labute approximate surface area is 165 Å². The molecule has 28 heavy (non-hydrogen) atoms. The summed E-state index contributed by atoms with van der Waals surface area (Å²) in [5.41, 5.74) is 1.00. The van der Waals surface area contributed by atoms with E-state index in [9.17, 15) is 14.4 Å². The highest BCUT2D eigenvalue weighted by molar-refractivity contribution is 5.78. The van der Waals surface area contributed by atoms with Crippen LogP contribution >= 0.6 is 0 Å². The second-order valence-corrected chi connectivity index (χ2v) is 7.68. The summed E-state index contributed by atoms with van der Waals surface area (Å²) in [6.07, 6.45) is 3.90. The minimum Gasteiger partial charge on any atom is -0.381 e. The van der Waals surface area contributed by atoms with E-state index in [0.717, 1.165) is 37.9 Å². The second kappa shape index (κ2) is 9.32. The van der Waals surface area contributed by atoms with Crippen molar-refractivity contribution in [3.63, 3.8) is 0 Å². The maximum absolute atomic E-state index is 13.1. The van der Waals surface area contributed by atoms with Gasteiger partial charge in [-0.15, -0.1) is 0 Å². The van der Waals surface area contributed by atoms with Gasteiger partial charge in [0.2, 0.25) is 11.8 Å². The summed E-state index contributed by atoms with van der Waals surface area (Å²) in [5.74, 6) is 0.132. The fourth-order valence-corrected chi connectivity index (χ4v) is 4.07. The van der Waals surface area contributed by atoms with Crippen LogP contribution in [0.5, 0.6) is 0 Å². The summed E-state index contributed by atoms with van der Waals surface area (Å²) in [6.45, 7) is 6.95. The molecule has 0 aromatic carbocycles. The number of hydrogen-bond acceptors (Lipinski definition) is 5. The van der Waals surface area contributed by atoms with Gasteiger partial charge in [0.05, 0.1) is 0 Å². The van der Waals surface area contributed by atoms with Gasteiger partial charge in [-0.05, 0) is 45.6 Å². The molecule has 0 radical (unpaired) electrons. The number of hydrogen-bond donors (Lipinski definition) is 0. The first kappa shape index (κ1) is 20.5. The van der Waals surface area contributed by atoms with E-state index < -0.39 is 0 Å². The van der Waals surface area contributed by atoms with Gasteiger partial charge in [0, 0.05) is 56.7 Å². The van der Waals surface area contributed by atoms with Crippen molar-refractivity contribution >= 4 is 11.8 Å². The van der Waals surface area contributed by atoms with E-state index in [1.807, 2.05) is 22.8 Å². The van der Waals surface area contributed by atoms with Gasteiger partial charge >= 0.3 is 5.69 Å². The summed E-state index contributed by atoms with van der Waals surface area (Å²) >= 11 is 0. The summed E-state index contributed by atoms with van der Waals surface area (Å²) < 4.78 is 6.88. The minimum atomic E-state index is -0.388. The molecule has 154 valence electrons. The maximum Gasteiger partial charge on any atom is 0.348 e. The molecular weight excluding hydrogens is 360 g/mol. The van der Waals surface area contributed by atoms with E-state index in [4.69, 9.17) is 4.74 Å². The fraction of sp³-hybridized carbons (Fsp3) is 0.700. The van der Waals surface area contributed by atoms with Crippen molar-refractivity contribution in [2.75, 3.05) is 32.8 Å². The number of likely N-dealkylation sites (tertiary alicyclic amines) is 1. The van der Waals surface area contributed by atoms with E-state index in [0.29, 0.717) is 38.4 Å². The number of aryl methyl sites for hydroxylation is 2. The first-order valence-electron chi connectivity index (χ1n) is 10.2. The van der Waals surface area contributed by atoms with Gasteiger partial charge < -0.3 is 14.5 Å². The van der Waals surface area contributed by atoms with Gasteiger partial charge in [0.15, 0.2) is 0 Å². The monoisotopic (exact) mass is 390 g/mol. The lowest BCUT2D eigenvalue weighted by Crippen LogP contribution is -2.47. The third-order valence-corrected chi connectivity index (χ3v) is 5.59. The van der Waals surface area contributed by atoms with Crippen LogP contribution in [0.15, 0.2) is 10.9 Å². The van der Waals surface area contributed by atoms with Gasteiger partial charge in [0.25, 0.3) is 0 Å². The number of aromatic nitrogens is 2. The topological polar surface area (TPSA) is 84.7 Å². The zero-order valence-corrected chi connectivity index (χ0v) is 16.9. The van der Waals surface area contributed by atoms with Crippen LogP contribution < -0.4 is 5.69 Å². The number of carbonyl (C=O) groups excluding carboxylic acids is 2. The van der Waals surface area contributed by atoms with Crippen molar-refractivity contribution in [2.45, 2.75) is 58.5 Å². The zero-order valence-electron chi connectivity index (χ0n) is 16.9. The highest BCUT2D eigenvalue weighted by atomic mass is 16.5. The minimum absolute atomic E-state index is 0.00204. The van der Waals surface area contributed by atoms with Crippen LogP contribution in [0.4, 0.5) is 0 Å². The lowest BCUT2D eigenvalue weighted by Gasteiger charge is -2.35. The number of nitrogens with zero attached hydrogens (tertiary/aromatic N) is 4. The van der Waals surface area contributed by atoms with Crippen molar-refractivity contribution in [3.05, 3.63) is 27.9 Å². The Morgan fingerprint density at radius 3 is 2.68 bits per heavy atom. The molecule has 0 unspecified atom stereocenters. The van der Waals surface area contributed by atoms with Crippen LogP contribution in [-0.4, -0.2) is 70.1 Å². The molecule has 2 aliphatic rings. The molecule has 2 fully saturated rings. The van der Waals surface area contributed by atoms with Crippen molar-refractivity contribution in [1.29, 1.82) is 0 Å². The lowest BCUT2D eigenvalue weighted by atomic mass is 10.1. The largest absolute Gasteiger partial charge is 0.381 e. The normalized spacial score (nSPS) is 17.9. The van der Waals surface area contributed by atoms with Crippen LogP contribution in [0.3, 0.4) is 0 Å². The average Bonchev–Trinajstić information content (AvgIpc) is 3.07. The predicted molar refractivity (Wildman–Crippen MR) is 104 cm³/mol. The van der Waals surface area contributed by atoms with Crippen LogP contribution in [0.25, 0.3) is 0 Å². The zero-order chi connectivity index (χ0) is 20.1. The quantitative estimate of drug-likeness (QED) is 0.690. The Morgan fingerprint density at radius 1 is 1.29 bits per heavy atom. The van der Waals surface area contributed by atoms with Crippen LogP contribution in [0.1, 0.15) is 43.5 Å². The fourth-order valence-electron chi connectivity index (χ4n) is 4.07. The third-order valence-electron chi connectivity index (χ3n) is 5.59. The molecule has 1 aromatic rings. The molecule has 0 N–H and O–H groups in total. The van der Waals surface area contributed by atoms with E-state index in [1.165, 1.54) is 4.57 Å². The van der Waals surface area contributed by atoms with E-state index in [1.54, 1.807) is 6.92 Å². The van der Waals surface area contributed by atoms with E-state index in [2.05, 4.69) is 4.98 Å². The van der Waals surface area contributed by atoms with E-state index in [-0.39, 0.29) is 30.1 Å². The number of rotatable bonds is 7. The third kappa shape index (κ3) is 4.98. The van der Waals surface area contributed by atoms with Crippen molar-refractivity contribution < 1.29 is 14.3 Å². The summed E-state index contributed by atoms with van der Waals surface area (Å²) in [6, 6.07) is 1.93. The Balaban J connectivity index is 1.67. The molecule has 0 atom stereocenters. The Bertz CT molecular complexity index is 770. The van der Waals surface area contributed by atoms with Crippen molar-refractivity contribution in [1.82, 2.24) is 19.4 Å². The van der Waals surface area contributed by atoms with Gasteiger partial charge in [-0.1, -0.05) is 0 Å². The second-order valence-electron chi connectivity index (χ2n) is 7.68. The molecule has 8 nitrogen and oxygen atoms in total. The number of carbonyl (C=O) groups is 2. The van der Waals surface area contributed by atoms with Crippen LogP contribution in [0.2, 0.25) is 0 Å². The molecular formula is C20H30N4O4. The molecule has 3 heterocycles. The summed E-state index contributed by atoms with van der Waals surface area (Å²) in [4.78, 5) is 44.9. The predicted octanol–water partition coefficient (Wildman–Crippen LogP) is 0.880. The standard InChI is InChI=1S/C20H30N4O4/c1-15-13-16(2)24(20(27)21-15)14-19(26)23(17-6-11-28-12-7-17)10-4-9-22-8-3-5-18(22)25/h13,17H,3-12,14H2,1-2H3. The molecule has 2 saturated heterocycles. The van der Waals surface area contributed by atoms with Gasteiger partial charge in [-0.25, -0.2) is 4.79 Å². The van der Waals surface area contributed by atoms with Gasteiger partial charge in [0.1, 0.15) is 6.54 Å². The highest BCUT2D eigenvalue weighted by Gasteiger charge is 2.27. The molecule has 1 aromatic heterocycles. The molecule has 2 amide bonds. The number of amides is 2. The van der Waals surface area contributed by atoms with Crippen molar-refractivity contribution in [3.8, 4) is 0 Å². The maximum atomic E-state index is 13.1. The summed E-state index contributed by atoms with van der Waals surface area (Å²) in [7, 11) is 0.